The zero-order valence-electron chi connectivity index (χ0n) is 17.0. The standard InChI is InChI=1S/C22H19ClN4S2.CH4S/c23-16-9-10-19(24)26-20(16)21(27-29-14-7-8-14)18-12-13-4-3-5-15(22(13)28-18)17-6-1-2-11-25-17;1-2/h1-6,9-12,14,21,27H,7-8H2,(H2,24,26);2H,1H3. The minimum absolute atomic E-state index is 0.120. The molecule has 1 aromatic carbocycles. The lowest BCUT2D eigenvalue weighted by molar-refractivity contribution is 0.788. The Balaban J connectivity index is 0.00000112. The van der Waals surface area contributed by atoms with Crippen molar-refractivity contribution in [2.45, 2.75) is 24.1 Å². The maximum atomic E-state index is 6.52. The van der Waals surface area contributed by atoms with Crippen LogP contribution in [0.1, 0.15) is 29.5 Å². The number of nitrogen functional groups attached to an aromatic ring is 1. The molecule has 1 aliphatic carbocycles. The Bertz CT molecular complexity index is 1160. The molecule has 0 radical (unpaired) electrons. The molecular formula is C23H23ClN4S3. The van der Waals surface area contributed by atoms with Crippen molar-refractivity contribution < 1.29 is 0 Å². The summed E-state index contributed by atoms with van der Waals surface area (Å²) in [5, 5.41) is 2.47. The second kappa shape index (κ2) is 10.2. The third kappa shape index (κ3) is 5.18. The highest BCUT2D eigenvalue weighted by atomic mass is 35.5. The molecule has 5 rings (SSSR count). The van der Waals surface area contributed by atoms with Crippen LogP contribution in [0.15, 0.2) is 60.8 Å². The number of rotatable bonds is 6. The highest BCUT2D eigenvalue weighted by Crippen LogP contribution is 2.41. The number of halogens is 1. The molecule has 3 heterocycles. The Hall–Kier alpha value is -1.77. The first kappa shape index (κ1) is 22.4. The maximum Gasteiger partial charge on any atom is 0.123 e. The number of thiophene rings is 1. The number of hydrogen-bond donors (Lipinski definition) is 3. The molecule has 0 aliphatic heterocycles. The summed E-state index contributed by atoms with van der Waals surface area (Å²) < 4.78 is 4.82. The highest BCUT2D eigenvalue weighted by Gasteiger charge is 2.27. The van der Waals surface area contributed by atoms with Gasteiger partial charge in [0, 0.05) is 26.6 Å². The van der Waals surface area contributed by atoms with Crippen molar-refractivity contribution in [2.75, 3.05) is 12.0 Å². The SMILES string of the molecule is CS.Nc1ccc(Cl)c(C(NSC2CC2)c2cc3cccc(-c4ccccn4)c3s2)n1. The monoisotopic (exact) mass is 486 g/mol. The number of nitrogens with one attached hydrogen (secondary N) is 1. The lowest BCUT2D eigenvalue weighted by Gasteiger charge is -2.18. The third-order valence-electron chi connectivity index (χ3n) is 4.83. The van der Waals surface area contributed by atoms with Gasteiger partial charge in [-0.3, -0.25) is 4.98 Å². The van der Waals surface area contributed by atoms with E-state index in [0.717, 1.165) is 21.8 Å². The molecule has 4 aromatic rings. The van der Waals surface area contributed by atoms with Crippen molar-refractivity contribution in [3.05, 3.63) is 76.4 Å². The van der Waals surface area contributed by atoms with Crippen LogP contribution < -0.4 is 10.5 Å². The topological polar surface area (TPSA) is 63.8 Å². The van der Waals surface area contributed by atoms with Crippen LogP contribution in [0.4, 0.5) is 5.82 Å². The van der Waals surface area contributed by atoms with Gasteiger partial charge in [0.1, 0.15) is 5.82 Å². The van der Waals surface area contributed by atoms with Crippen molar-refractivity contribution >= 4 is 63.4 Å². The Kier molecular flexibility index (Phi) is 7.40. The number of nitrogens with two attached hydrogens (primary N) is 1. The normalized spacial score (nSPS) is 14.2. The molecule has 160 valence electrons. The predicted molar refractivity (Wildman–Crippen MR) is 139 cm³/mol. The van der Waals surface area contributed by atoms with Crippen LogP contribution in [0.2, 0.25) is 5.02 Å². The molecular weight excluding hydrogens is 464 g/mol. The van der Waals surface area contributed by atoms with Crippen LogP contribution in [0.3, 0.4) is 0 Å². The highest BCUT2D eigenvalue weighted by molar-refractivity contribution is 7.98. The average Bonchev–Trinajstić information content (AvgIpc) is 3.54. The molecule has 0 saturated heterocycles. The van der Waals surface area contributed by atoms with Crippen LogP contribution in [0.25, 0.3) is 21.3 Å². The fraction of sp³-hybridized carbons (Fsp3) is 0.217. The first-order valence-electron chi connectivity index (χ1n) is 9.91. The van der Waals surface area contributed by atoms with E-state index in [2.05, 4.69) is 51.6 Å². The summed E-state index contributed by atoms with van der Waals surface area (Å²) in [5.41, 5.74) is 8.86. The van der Waals surface area contributed by atoms with Crippen LogP contribution in [0.5, 0.6) is 0 Å². The Morgan fingerprint density at radius 1 is 1.16 bits per heavy atom. The third-order valence-corrected chi connectivity index (χ3v) is 7.58. The van der Waals surface area contributed by atoms with Gasteiger partial charge >= 0.3 is 0 Å². The number of fused-ring (bicyclic) bond motifs is 1. The van der Waals surface area contributed by atoms with Crippen molar-refractivity contribution in [2.24, 2.45) is 0 Å². The summed E-state index contributed by atoms with van der Waals surface area (Å²) in [5.74, 6) is 0.475. The zero-order valence-corrected chi connectivity index (χ0v) is 20.2. The van der Waals surface area contributed by atoms with Crippen LogP contribution in [-0.4, -0.2) is 21.5 Å². The van der Waals surface area contributed by atoms with E-state index in [1.807, 2.05) is 30.5 Å². The first-order chi connectivity index (χ1) is 15.2. The van der Waals surface area contributed by atoms with Crippen LogP contribution in [-0.2, 0) is 0 Å². The number of benzene rings is 1. The molecule has 1 saturated carbocycles. The minimum atomic E-state index is -0.120. The van der Waals surface area contributed by atoms with Crippen molar-refractivity contribution in [3.8, 4) is 11.3 Å². The summed E-state index contributed by atoms with van der Waals surface area (Å²) in [6, 6.07) is 18.0. The van der Waals surface area contributed by atoms with E-state index in [4.69, 9.17) is 17.3 Å². The molecule has 1 fully saturated rings. The zero-order chi connectivity index (χ0) is 21.8. The Morgan fingerprint density at radius 2 is 2.00 bits per heavy atom. The fourth-order valence-corrected chi connectivity index (χ4v) is 5.69. The van der Waals surface area contributed by atoms with Crippen molar-refractivity contribution in [3.63, 3.8) is 0 Å². The van der Waals surface area contributed by atoms with Gasteiger partial charge in [0.2, 0.25) is 0 Å². The molecule has 1 aliphatic rings. The largest absolute Gasteiger partial charge is 0.384 e. The Morgan fingerprint density at radius 3 is 2.74 bits per heavy atom. The molecule has 1 unspecified atom stereocenters. The second-order valence-electron chi connectivity index (χ2n) is 7.06. The second-order valence-corrected chi connectivity index (χ2v) is 9.69. The number of hydrogen-bond acceptors (Lipinski definition) is 7. The van der Waals surface area contributed by atoms with E-state index in [1.165, 1.54) is 22.9 Å². The van der Waals surface area contributed by atoms with Gasteiger partial charge in [-0.05, 0) is 54.8 Å². The van der Waals surface area contributed by atoms with E-state index in [9.17, 15) is 0 Å². The number of thiol groups is 1. The molecule has 8 heteroatoms. The van der Waals surface area contributed by atoms with Gasteiger partial charge in [-0.25, -0.2) is 9.71 Å². The number of nitrogens with zero attached hydrogens (tertiary/aromatic N) is 2. The molecule has 0 spiro atoms. The van der Waals surface area contributed by atoms with E-state index in [0.29, 0.717) is 16.1 Å². The first-order valence-corrected chi connectivity index (χ1v) is 12.9. The van der Waals surface area contributed by atoms with E-state index in [-0.39, 0.29) is 6.04 Å². The van der Waals surface area contributed by atoms with Gasteiger partial charge < -0.3 is 5.73 Å². The summed E-state index contributed by atoms with van der Waals surface area (Å²) in [7, 11) is 0. The molecule has 3 aromatic heterocycles. The van der Waals surface area contributed by atoms with E-state index >= 15 is 0 Å². The van der Waals surface area contributed by atoms with Crippen LogP contribution >= 0.6 is 47.5 Å². The smallest absolute Gasteiger partial charge is 0.123 e. The van der Waals surface area contributed by atoms with E-state index in [1.54, 1.807) is 35.6 Å². The lowest BCUT2D eigenvalue weighted by Crippen LogP contribution is -2.17. The Labute approximate surface area is 201 Å². The van der Waals surface area contributed by atoms with Gasteiger partial charge in [-0.2, -0.15) is 12.6 Å². The molecule has 4 nitrogen and oxygen atoms in total. The molecule has 0 bridgehead atoms. The average molecular weight is 487 g/mol. The molecule has 3 N–H and O–H groups in total. The quantitative estimate of drug-likeness (QED) is 0.211. The van der Waals surface area contributed by atoms with Gasteiger partial charge in [0.25, 0.3) is 0 Å². The maximum absolute atomic E-state index is 6.52. The minimum Gasteiger partial charge on any atom is -0.384 e. The van der Waals surface area contributed by atoms with Gasteiger partial charge in [0.05, 0.1) is 22.5 Å². The number of pyridine rings is 2. The van der Waals surface area contributed by atoms with Crippen molar-refractivity contribution in [1.82, 2.24) is 14.7 Å². The molecule has 1 atom stereocenters. The summed E-state index contributed by atoms with van der Waals surface area (Å²) in [6.07, 6.45) is 6.02. The lowest BCUT2D eigenvalue weighted by atomic mass is 10.1. The number of aromatic nitrogens is 2. The number of anilines is 1. The summed E-state index contributed by atoms with van der Waals surface area (Å²) >= 11 is 13.6. The van der Waals surface area contributed by atoms with Gasteiger partial charge in [0.15, 0.2) is 0 Å². The summed E-state index contributed by atoms with van der Waals surface area (Å²) in [6.45, 7) is 0. The van der Waals surface area contributed by atoms with Crippen LogP contribution in [0, 0.1) is 0 Å². The van der Waals surface area contributed by atoms with Crippen molar-refractivity contribution in [1.29, 1.82) is 0 Å². The predicted octanol–water partition coefficient (Wildman–Crippen LogP) is 6.63. The van der Waals surface area contributed by atoms with E-state index < -0.39 is 0 Å². The van der Waals surface area contributed by atoms with Gasteiger partial charge in [-0.15, -0.1) is 11.3 Å². The fourth-order valence-electron chi connectivity index (χ4n) is 3.22. The van der Waals surface area contributed by atoms with Gasteiger partial charge in [-0.1, -0.05) is 47.8 Å². The molecule has 31 heavy (non-hydrogen) atoms. The summed E-state index contributed by atoms with van der Waals surface area (Å²) in [4.78, 5) is 10.3. The molecule has 0 amide bonds.